The molecule has 0 aliphatic carbocycles. The van der Waals surface area contributed by atoms with E-state index in [1.165, 1.54) is 6.07 Å². The lowest BCUT2D eigenvalue weighted by molar-refractivity contribution is -0.140. The lowest BCUT2D eigenvalue weighted by Crippen LogP contribution is -2.47. The van der Waals surface area contributed by atoms with Crippen molar-refractivity contribution in [3.8, 4) is 11.1 Å². The number of hydrogen-bond acceptors (Lipinski definition) is 3. The van der Waals surface area contributed by atoms with Gasteiger partial charge >= 0.3 is 5.97 Å². The summed E-state index contributed by atoms with van der Waals surface area (Å²) >= 11 is 6.00. The van der Waals surface area contributed by atoms with Crippen molar-refractivity contribution in [2.24, 2.45) is 0 Å². The number of carboxylic acids is 1. The van der Waals surface area contributed by atoms with Crippen LogP contribution in [0.25, 0.3) is 11.1 Å². The topological polar surface area (TPSA) is 88.4 Å². The number of fused-ring (bicyclic) bond motifs is 5. The largest absolute Gasteiger partial charge is 0.480 e. The molecule has 0 bridgehead atoms. The maximum atomic E-state index is 15.1. The van der Waals surface area contributed by atoms with Crippen molar-refractivity contribution < 1.29 is 19.1 Å². The summed E-state index contributed by atoms with van der Waals surface area (Å²) in [5, 5.41) is 12.3. The molecule has 2 aliphatic heterocycles. The van der Waals surface area contributed by atoms with Crippen molar-refractivity contribution in [1.29, 1.82) is 0 Å². The van der Waals surface area contributed by atoms with Crippen LogP contribution in [0.5, 0.6) is 0 Å². The van der Waals surface area contributed by atoms with Crippen molar-refractivity contribution >= 4 is 23.5 Å². The molecular formula is C20H18ClFN2O4. The first-order valence-corrected chi connectivity index (χ1v) is 9.29. The molecule has 1 aromatic heterocycles. The van der Waals surface area contributed by atoms with E-state index in [1.54, 1.807) is 6.07 Å². The molecule has 1 aromatic carbocycles. The molecule has 0 radical (unpaired) electrons. The summed E-state index contributed by atoms with van der Waals surface area (Å²) in [5.74, 6) is -2.29. The lowest BCUT2D eigenvalue weighted by Gasteiger charge is -2.31. The van der Waals surface area contributed by atoms with Crippen LogP contribution < -0.4 is 10.9 Å². The third kappa shape index (κ3) is 2.73. The van der Waals surface area contributed by atoms with Gasteiger partial charge in [0, 0.05) is 28.4 Å². The number of halogens is 2. The average molecular weight is 405 g/mol. The van der Waals surface area contributed by atoms with Crippen LogP contribution in [-0.2, 0) is 17.6 Å². The van der Waals surface area contributed by atoms with Crippen molar-refractivity contribution in [1.82, 2.24) is 9.88 Å². The van der Waals surface area contributed by atoms with Crippen LogP contribution >= 0.6 is 11.6 Å². The summed E-state index contributed by atoms with van der Waals surface area (Å²) in [5.41, 5.74) is 0.105. The smallest absolute Gasteiger partial charge is 0.326 e. The minimum absolute atomic E-state index is 0.104. The van der Waals surface area contributed by atoms with Gasteiger partial charge < -0.3 is 10.4 Å². The molecule has 6 nitrogen and oxygen atoms in total. The zero-order chi connectivity index (χ0) is 20.4. The molecule has 4 rings (SSSR count). The number of benzene rings is 1. The maximum absolute atomic E-state index is 15.1. The number of carbonyl (C=O) groups is 2. The summed E-state index contributed by atoms with van der Waals surface area (Å²) in [7, 11) is 0. The Morgan fingerprint density at radius 1 is 1.32 bits per heavy atom. The minimum Gasteiger partial charge on any atom is -0.480 e. The SMILES string of the molecule is CC1(C)Cc2ccc(Cl)c(F)c2-c2cc(=O)n3c(c2C(=O)N1)CCC3C(=O)O. The van der Waals surface area contributed by atoms with Gasteiger partial charge in [-0.15, -0.1) is 0 Å². The molecule has 2 aromatic rings. The van der Waals surface area contributed by atoms with Gasteiger partial charge in [-0.3, -0.25) is 14.2 Å². The molecule has 2 aliphatic rings. The molecule has 1 amide bonds. The number of carbonyl (C=O) groups excluding carboxylic acids is 1. The molecule has 146 valence electrons. The molecule has 1 unspecified atom stereocenters. The van der Waals surface area contributed by atoms with Gasteiger partial charge in [0.1, 0.15) is 11.9 Å². The molecule has 0 fully saturated rings. The number of nitrogens with zero attached hydrogens (tertiary/aromatic N) is 1. The van der Waals surface area contributed by atoms with Crippen LogP contribution in [0, 0.1) is 5.82 Å². The second kappa shape index (κ2) is 6.17. The van der Waals surface area contributed by atoms with Crippen LogP contribution in [0.3, 0.4) is 0 Å². The van der Waals surface area contributed by atoms with Gasteiger partial charge in [-0.25, -0.2) is 9.18 Å². The second-order valence-electron chi connectivity index (χ2n) is 7.89. The monoisotopic (exact) mass is 404 g/mol. The van der Waals surface area contributed by atoms with Crippen molar-refractivity contribution in [3.05, 3.63) is 56.2 Å². The minimum atomic E-state index is -1.14. The van der Waals surface area contributed by atoms with Crippen LogP contribution in [0.15, 0.2) is 23.0 Å². The van der Waals surface area contributed by atoms with E-state index in [1.807, 2.05) is 13.8 Å². The van der Waals surface area contributed by atoms with E-state index in [-0.39, 0.29) is 34.6 Å². The Labute approximate surface area is 164 Å². The van der Waals surface area contributed by atoms with E-state index in [2.05, 4.69) is 5.32 Å². The molecule has 3 heterocycles. The fraction of sp³-hybridized carbons (Fsp3) is 0.350. The molecule has 8 heteroatoms. The van der Waals surface area contributed by atoms with Crippen molar-refractivity contribution in [2.75, 3.05) is 0 Å². The summed E-state index contributed by atoms with van der Waals surface area (Å²) in [6.07, 6.45) is 0.779. The summed E-state index contributed by atoms with van der Waals surface area (Å²) in [4.78, 5) is 37.4. The number of hydrogen-bond donors (Lipinski definition) is 2. The predicted octanol–water partition coefficient (Wildman–Crippen LogP) is 2.94. The second-order valence-corrected chi connectivity index (χ2v) is 8.30. The number of carboxylic acid groups (broad SMARTS) is 1. The summed E-state index contributed by atoms with van der Waals surface area (Å²) in [6, 6.07) is 3.25. The van der Waals surface area contributed by atoms with E-state index in [4.69, 9.17) is 11.6 Å². The quantitative estimate of drug-likeness (QED) is 0.764. The number of nitrogens with one attached hydrogen (secondary N) is 1. The Morgan fingerprint density at radius 3 is 2.71 bits per heavy atom. The highest BCUT2D eigenvalue weighted by atomic mass is 35.5. The fourth-order valence-corrected chi connectivity index (χ4v) is 4.43. The van der Waals surface area contributed by atoms with Crippen molar-refractivity contribution in [2.45, 2.75) is 44.7 Å². The van der Waals surface area contributed by atoms with E-state index in [0.29, 0.717) is 17.7 Å². The van der Waals surface area contributed by atoms with E-state index in [0.717, 1.165) is 10.6 Å². The number of rotatable bonds is 1. The molecule has 0 spiro atoms. The third-order valence-corrected chi connectivity index (χ3v) is 5.66. The van der Waals surface area contributed by atoms with Crippen molar-refractivity contribution in [3.63, 3.8) is 0 Å². The van der Waals surface area contributed by atoms with E-state index in [9.17, 15) is 19.5 Å². The first-order valence-electron chi connectivity index (χ1n) is 8.91. The van der Waals surface area contributed by atoms with Gasteiger partial charge in [-0.2, -0.15) is 0 Å². The highest BCUT2D eigenvalue weighted by Crippen LogP contribution is 2.39. The Kier molecular flexibility index (Phi) is 4.12. The van der Waals surface area contributed by atoms with Gasteiger partial charge in [0.05, 0.1) is 10.6 Å². The standard InChI is InChI=1S/C20H18ClFN2O4/c1-20(2)8-9-3-4-11(21)17(22)15(9)10-7-14(25)24-12(16(10)18(26)23-20)5-6-13(24)19(27)28/h3-4,7,13H,5-6,8H2,1-2H3,(H,23,26)(H,27,28). The molecule has 28 heavy (non-hydrogen) atoms. The third-order valence-electron chi connectivity index (χ3n) is 5.37. The van der Waals surface area contributed by atoms with E-state index < -0.39 is 34.8 Å². The summed E-state index contributed by atoms with van der Waals surface area (Å²) in [6.45, 7) is 3.64. The molecule has 0 saturated heterocycles. The Morgan fingerprint density at radius 2 is 2.04 bits per heavy atom. The highest BCUT2D eigenvalue weighted by Gasteiger charge is 2.38. The van der Waals surface area contributed by atoms with E-state index >= 15 is 4.39 Å². The first kappa shape index (κ1) is 18.7. The number of pyridine rings is 1. The zero-order valence-electron chi connectivity index (χ0n) is 15.3. The van der Waals surface area contributed by atoms with Gasteiger partial charge in [0.2, 0.25) is 0 Å². The normalized spacial score (nSPS) is 19.7. The van der Waals surface area contributed by atoms with Crippen LogP contribution in [-0.4, -0.2) is 27.1 Å². The Bertz CT molecular complexity index is 1110. The Hall–Kier alpha value is -2.67. The predicted molar refractivity (Wildman–Crippen MR) is 101 cm³/mol. The van der Waals surface area contributed by atoms with Gasteiger partial charge in [-0.05, 0) is 44.7 Å². The van der Waals surface area contributed by atoms with Crippen LogP contribution in [0.2, 0.25) is 5.02 Å². The number of aromatic nitrogens is 1. The molecule has 2 N–H and O–H groups in total. The summed E-state index contributed by atoms with van der Waals surface area (Å²) < 4.78 is 16.2. The molecule has 0 saturated carbocycles. The van der Waals surface area contributed by atoms with Crippen LogP contribution in [0.1, 0.15) is 47.9 Å². The lowest BCUT2D eigenvalue weighted by atomic mass is 9.84. The number of amides is 1. The Balaban J connectivity index is 2.12. The van der Waals surface area contributed by atoms with Crippen LogP contribution in [0.4, 0.5) is 4.39 Å². The average Bonchev–Trinajstić information content (AvgIpc) is 3.02. The first-order chi connectivity index (χ1) is 13.1. The molecule has 1 atom stereocenters. The maximum Gasteiger partial charge on any atom is 0.326 e. The van der Waals surface area contributed by atoms with Gasteiger partial charge in [0.15, 0.2) is 0 Å². The number of aliphatic carboxylic acids is 1. The molecular weight excluding hydrogens is 387 g/mol. The van der Waals surface area contributed by atoms with Gasteiger partial charge in [-0.1, -0.05) is 17.7 Å². The fourth-order valence-electron chi connectivity index (χ4n) is 4.27. The zero-order valence-corrected chi connectivity index (χ0v) is 16.1. The highest BCUT2D eigenvalue weighted by molar-refractivity contribution is 6.31. The van der Waals surface area contributed by atoms with Gasteiger partial charge in [0.25, 0.3) is 11.5 Å².